The van der Waals surface area contributed by atoms with Crippen molar-refractivity contribution in [3.63, 3.8) is 0 Å². The Hall–Kier alpha value is -1.76. The Balaban J connectivity index is 1.26. The quantitative estimate of drug-likeness (QED) is 0.692. The van der Waals surface area contributed by atoms with Crippen LogP contribution >= 0.6 is 0 Å². The standard InChI is InChI=1S/C24H27FN2O2S/c1-27-22-23(27)24(22)12-18-8-7-17(13-26-30(28,29)14-15-5-6-15)10-20(18)21(24)11-16-3-2-4-19(25)9-16/h2-4,7-10,15,21-23,26H,5-6,11-14H2,1H3. The number of likely N-dealkylation sites (N-methyl/N-ethyl adjacent to an activating group) is 1. The average molecular weight is 427 g/mol. The zero-order chi connectivity index (χ0) is 20.7. The molecule has 6 heteroatoms. The Morgan fingerprint density at radius 1 is 1.13 bits per heavy atom. The molecule has 30 heavy (non-hydrogen) atoms. The van der Waals surface area contributed by atoms with Gasteiger partial charge < -0.3 is 0 Å². The lowest BCUT2D eigenvalue weighted by Crippen LogP contribution is -2.31. The van der Waals surface area contributed by atoms with Crippen LogP contribution in [-0.4, -0.2) is 38.2 Å². The molecule has 1 N–H and O–H groups in total. The molecule has 2 saturated carbocycles. The van der Waals surface area contributed by atoms with Crippen LogP contribution in [0.25, 0.3) is 0 Å². The highest BCUT2D eigenvalue weighted by atomic mass is 32.2. The van der Waals surface area contributed by atoms with Crippen LogP contribution in [0.2, 0.25) is 0 Å². The lowest BCUT2D eigenvalue weighted by atomic mass is 9.81. The third-order valence-electron chi connectivity index (χ3n) is 7.79. The fourth-order valence-corrected chi connectivity index (χ4v) is 7.54. The lowest BCUT2D eigenvalue weighted by Gasteiger charge is -2.29. The normalized spacial score (nSPS) is 33.4. The lowest BCUT2D eigenvalue weighted by molar-refractivity contribution is 0.226. The van der Waals surface area contributed by atoms with E-state index >= 15 is 0 Å². The largest absolute Gasteiger partial charge is 0.296 e. The SMILES string of the molecule is CN1C2C1C21Cc2ccc(CNS(=O)(=O)CC3CC3)cc2C1Cc1cccc(F)c1. The van der Waals surface area contributed by atoms with Gasteiger partial charge in [-0.05, 0) is 79.0 Å². The van der Waals surface area contributed by atoms with Gasteiger partial charge in [0, 0.05) is 24.0 Å². The van der Waals surface area contributed by atoms with Crippen molar-refractivity contribution in [2.24, 2.45) is 11.3 Å². The van der Waals surface area contributed by atoms with Gasteiger partial charge in [-0.3, -0.25) is 4.90 Å². The summed E-state index contributed by atoms with van der Waals surface area (Å²) in [6.45, 7) is 0.342. The molecule has 1 heterocycles. The molecular weight excluding hydrogens is 399 g/mol. The zero-order valence-corrected chi connectivity index (χ0v) is 18.0. The van der Waals surface area contributed by atoms with Crippen molar-refractivity contribution in [1.82, 2.24) is 9.62 Å². The van der Waals surface area contributed by atoms with E-state index < -0.39 is 10.0 Å². The summed E-state index contributed by atoms with van der Waals surface area (Å²) < 4.78 is 41.1. The van der Waals surface area contributed by atoms with Gasteiger partial charge in [0.05, 0.1) is 5.75 Å². The first-order chi connectivity index (χ1) is 14.4. The predicted molar refractivity (Wildman–Crippen MR) is 114 cm³/mol. The fraction of sp³-hybridized carbons (Fsp3) is 0.500. The molecule has 3 fully saturated rings. The summed E-state index contributed by atoms with van der Waals surface area (Å²) in [6.07, 6.45) is 3.97. The van der Waals surface area contributed by atoms with Gasteiger partial charge in [-0.25, -0.2) is 17.5 Å². The summed E-state index contributed by atoms with van der Waals surface area (Å²) in [5.74, 6) is 0.774. The number of benzene rings is 2. The Morgan fingerprint density at radius 3 is 2.63 bits per heavy atom. The van der Waals surface area contributed by atoms with Gasteiger partial charge in [-0.15, -0.1) is 0 Å². The van der Waals surface area contributed by atoms with E-state index in [-0.39, 0.29) is 17.0 Å². The Kier molecular flexibility index (Phi) is 4.03. The van der Waals surface area contributed by atoms with Crippen LogP contribution in [0, 0.1) is 17.2 Å². The van der Waals surface area contributed by atoms with E-state index in [1.807, 2.05) is 6.07 Å². The molecule has 0 bridgehead atoms. The molecule has 0 radical (unpaired) electrons. The Labute approximate surface area is 177 Å². The average Bonchev–Trinajstić information content (AvgIpc) is 3.63. The number of likely N-dealkylation sites (tertiary alicyclic amines) is 1. The number of fused-ring (bicyclic) bond motifs is 4. The second-order valence-corrected chi connectivity index (χ2v) is 11.7. The summed E-state index contributed by atoms with van der Waals surface area (Å²) in [4.78, 5) is 2.43. The van der Waals surface area contributed by atoms with E-state index in [1.54, 1.807) is 12.1 Å². The molecule has 0 amide bonds. The molecule has 3 unspecified atom stereocenters. The molecule has 158 valence electrons. The first-order valence-electron chi connectivity index (χ1n) is 10.9. The molecule has 3 atom stereocenters. The highest BCUT2D eigenvalue weighted by Crippen LogP contribution is 2.76. The summed E-state index contributed by atoms with van der Waals surface area (Å²) >= 11 is 0. The minimum atomic E-state index is -3.22. The van der Waals surface area contributed by atoms with E-state index in [0.717, 1.165) is 36.8 Å². The topological polar surface area (TPSA) is 49.2 Å². The Bertz CT molecular complexity index is 1120. The van der Waals surface area contributed by atoms with Gasteiger partial charge >= 0.3 is 0 Å². The van der Waals surface area contributed by atoms with Crippen molar-refractivity contribution in [2.45, 2.75) is 50.2 Å². The molecule has 1 aliphatic heterocycles. The number of rotatable bonds is 7. The number of halogens is 1. The highest BCUT2D eigenvalue weighted by Gasteiger charge is 2.84. The molecule has 2 aromatic carbocycles. The first kappa shape index (κ1) is 19.0. The Morgan fingerprint density at radius 2 is 1.93 bits per heavy atom. The summed E-state index contributed by atoms with van der Waals surface area (Å²) in [5, 5.41) is 0. The van der Waals surface area contributed by atoms with Crippen LogP contribution in [-0.2, 0) is 29.4 Å². The minimum absolute atomic E-state index is 0.184. The van der Waals surface area contributed by atoms with Gasteiger partial charge in [0.25, 0.3) is 0 Å². The van der Waals surface area contributed by atoms with Crippen molar-refractivity contribution in [3.05, 3.63) is 70.5 Å². The maximum absolute atomic E-state index is 13.8. The van der Waals surface area contributed by atoms with Crippen molar-refractivity contribution < 1.29 is 12.8 Å². The maximum Gasteiger partial charge on any atom is 0.212 e. The highest BCUT2D eigenvalue weighted by molar-refractivity contribution is 7.89. The maximum atomic E-state index is 13.8. The van der Waals surface area contributed by atoms with Crippen LogP contribution in [0.15, 0.2) is 42.5 Å². The van der Waals surface area contributed by atoms with Crippen molar-refractivity contribution >= 4 is 10.0 Å². The third kappa shape index (κ3) is 3.03. The molecule has 2 aromatic rings. The molecule has 1 saturated heterocycles. The summed E-state index contributed by atoms with van der Waals surface area (Å²) in [7, 11) is -1.03. The van der Waals surface area contributed by atoms with E-state index in [0.29, 0.717) is 30.5 Å². The van der Waals surface area contributed by atoms with Crippen LogP contribution in [0.3, 0.4) is 0 Å². The molecule has 0 aromatic heterocycles. The smallest absolute Gasteiger partial charge is 0.212 e. The predicted octanol–water partition coefficient (Wildman–Crippen LogP) is 3.22. The molecule has 6 rings (SSSR count). The van der Waals surface area contributed by atoms with Gasteiger partial charge in [0.2, 0.25) is 10.0 Å². The van der Waals surface area contributed by atoms with E-state index in [1.165, 1.54) is 17.2 Å². The van der Waals surface area contributed by atoms with Crippen LogP contribution < -0.4 is 4.72 Å². The summed E-state index contributed by atoms with van der Waals surface area (Å²) in [6, 6.07) is 14.7. The molecule has 1 spiro atoms. The number of hydrogen-bond acceptors (Lipinski definition) is 3. The van der Waals surface area contributed by atoms with E-state index in [4.69, 9.17) is 0 Å². The molecule has 3 aliphatic carbocycles. The molecular formula is C24H27FN2O2S. The van der Waals surface area contributed by atoms with Crippen LogP contribution in [0.5, 0.6) is 0 Å². The third-order valence-corrected chi connectivity index (χ3v) is 9.28. The summed E-state index contributed by atoms with van der Waals surface area (Å²) in [5.41, 5.74) is 5.04. The number of sulfonamides is 1. The van der Waals surface area contributed by atoms with Crippen molar-refractivity contribution in [1.29, 1.82) is 0 Å². The van der Waals surface area contributed by atoms with Crippen molar-refractivity contribution in [2.75, 3.05) is 12.8 Å². The number of nitrogens with one attached hydrogen (secondary N) is 1. The monoisotopic (exact) mass is 426 g/mol. The minimum Gasteiger partial charge on any atom is -0.296 e. The molecule has 4 aliphatic rings. The van der Waals surface area contributed by atoms with Gasteiger partial charge in [-0.2, -0.15) is 0 Å². The fourth-order valence-electron chi connectivity index (χ4n) is 6.08. The van der Waals surface area contributed by atoms with E-state index in [9.17, 15) is 12.8 Å². The number of nitrogens with zero attached hydrogens (tertiary/aromatic N) is 1. The van der Waals surface area contributed by atoms with Crippen LogP contribution in [0.4, 0.5) is 4.39 Å². The zero-order valence-electron chi connectivity index (χ0n) is 17.1. The van der Waals surface area contributed by atoms with Gasteiger partial charge in [-0.1, -0.05) is 30.3 Å². The second kappa shape index (κ2) is 6.38. The van der Waals surface area contributed by atoms with Crippen LogP contribution in [0.1, 0.15) is 41.0 Å². The number of hydrogen-bond donors (Lipinski definition) is 1. The second-order valence-electron chi connectivity index (χ2n) is 9.81. The van der Waals surface area contributed by atoms with E-state index in [2.05, 4.69) is 34.9 Å². The van der Waals surface area contributed by atoms with Crippen molar-refractivity contribution in [3.8, 4) is 0 Å². The van der Waals surface area contributed by atoms with Gasteiger partial charge in [0.1, 0.15) is 5.82 Å². The van der Waals surface area contributed by atoms with Gasteiger partial charge in [0.15, 0.2) is 0 Å². The molecule has 4 nitrogen and oxygen atoms in total. The first-order valence-corrected chi connectivity index (χ1v) is 12.6.